The number of hydrogen-bond donors (Lipinski definition) is 13. The van der Waals surface area contributed by atoms with Gasteiger partial charge in [-0.2, -0.15) is 0 Å². The second-order valence-corrected chi connectivity index (χ2v) is 22.1. The highest BCUT2D eigenvalue weighted by Crippen LogP contribution is 2.30. The smallest absolute Gasteiger partial charge is 0.322 e. The van der Waals surface area contributed by atoms with Gasteiger partial charge in [-0.15, -0.1) is 0 Å². The average molecular weight is 1180 g/mol. The fraction of sp³-hybridized carbons (Fsp3) is 0.581. The topological polar surface area (TPSA) is 382 Å². The molecule has 2 heterocycles. The second kappa shape index (κ2) is 38.2. The monoisotopic (exact) mass is 1180 g/mol. The largest absolute Gasteiger partial charge is 0.480 e. The third kappa shape index (κ3) is 27.5. The lowest BCUT2D eigenvalue weighted by molar-refractivity contribution is -0.259. The normalized spacial score (nSPS) is 31.9. The fourth-order valence-corrected chi connectivity index (χ4v) is 9.88. The van der Waals surface area contributed by atoms with E-state index in [2.05, 4.69) is 10.6 Å². The van der Waals surface area contributed by atoms with Gasteiger partial charge in [0, 0.05) is 74.7 Å². The molecule has 1 fully saturated rings. The number of amides is 1. The number of carboxylic acid groups (broad SMARTS) is 1. The number of benzene rings is 1. The molecule has 0 aliphatic carbocycles. The van der Waals surface area contributed by atoms with Gasteiger partial charge in [0.1, 0.15) is 24.2 Å². The summed E-state index contributed by atoms with van der Waals surface area (Å²) < 4.78 is 18.1. The molecule has 468 valence electrons. The van der Waals surface area contributed by atoms with Crippen molar-refractivity contribution in [3.63, 3.8) is 0 Å². The predicted octanol–water partition coefficient (Wildman–Crippen LogP) is 2.98. The molecule has 2 aliphatic rings. The Bertz CT molecular complexity index is 2420. The summed E-state index contributed by atoms with van der Waals surface area (Å²) in [5.41, 5.74) is 7.56. The molecular weight excluding hydrogens is 1090 g/mol. The van der Waals surface area contributed by atoms with Crippen molar-refractivity contribution in [2.24, 2.45) is 29.4 Å². The minimum Gasteiger partial charge on any atom is -0.480 e. The van der Waals surface area contributed by atoms with E-state index in [4.69, 9.17) is 19.9 Å². The zero-order valence-electron chi connectivity index (χ0n) is 48.7. The SMILES string of the molecule is CNc1ccc(C(=O)CC(O)CCC(C)C2OC(=O)CC(O)CC(=O)CC(O)CC(O)CC(O)CC(O)CC(=O)CC(O)C(C(=O)NCC(=O)O)C(O)CC(OC3O[C@H](C)[C@@H](O)[C@H](N)[C@@H]3C)C=CC=CC=CC=CC=CC=CC=CC2C)cc1. The number of aliphatic carboxylic acids is 1. The molecule has 1 aromatic carbocycles. The van der Waals surface area contributed by atoms with E-state index >= 15 is 0 Å². The summed E-state index contributed by atoms with van der Waals surface area (Å²) in [6.07, 6.45) is 3.30. The van der Waals surface area contributed by atoms with Gasteiger partial charge >= 0.3 is 11.9 Å². The van der Waals surface area contributed by atoms with Crippen LogP contribution in [0.5, 0.6) is 0 Å². The summed E-state index contributed by atoms with van der Waals surface area (Å²) in [6.45, 7) is 6.09. The van der Waals surface area contributed by atoms with E-state index in [1.807, 2.05) is 19.9 Å². The van der Waals surface area contributed by atoms with Gasteiger partial charge < -0.3 is 81.6 Å². The van der Waals surface area contributed by atoms with Crippen molar-refractivity contribution in [3.8, 4) is 0 Å². The first-order chi connectivity index (χ1) is 39.8. The summed E-state index contributed by atoms with van der Waals surface area (Å²) in [5.74, 6) is -8.11. The van der Waals surface area contributed by atoms with E-state index in [0.29, 0.717) is 12.0 Å². The molecule has 0 bridgehead atoms. The van der Waals surface area contributed by atoms with Crippen molar-refractivity contribution >= 4 is 40.9 Å². The second-order valence-electron chi connectivity index (χ2n) is 22.1. The van der Waals surface area contributed by atoms with Crippen LogP contribution in [0.1, 0.15) is 115 Å². The molecule has 0 saturated carbocycles. The van der Waals surface area contributed by atoms with Crippen molar-refractivity contribution in [2.75, 3.05) is 18.9 Å². The quantitative estimate of drug-likeness (QED) is 0.0997. The molecule has 1 amide bonds. The van der Waals surface area contributed by atoms with E-state index in [1.165, 1.54) is 6.08 Å². The van der Waals surface area contributed by atoms with E-state index in [1.54, 1.807) is 118 Å². The standard InChI is InChI=1S/C62H91N3O19/c1-37-18-16-14-12-10-8-6-7-9-11-13-15-17-19-51(83-62-39(3)58(63)59(80)40(4)82-62)35-54(76)57(61(81)65-36-55(77)78)53(75)33-49(72)30-47(70)28-45(68)26-44(67)27-46(69)29-48(71)31-50(73)34-56(79)84-60(37)38(2)20-25-43(66)32-52(74)41-21-23-42(64-5)24-22-41/h6-19,21-24,37-40,43-47,50-51,53-54,57-60,62,64,66-70,73,75-76,80H,20,25-36,63H2,1-5H3,(H,65,81)(H,77,78)/t37?,38?,39-,40+,43?,44?,45?,46?,47?,50?,51?,53?,54?,57?,58+,59+,60?,62?/m0/s1. The van der Waals surface area contributed by atoms with E-state index < -0.39 is 191 Å². The molecule has 1 saturated heterocycles. The van der Waals surface area contributed by atoms with Gasteiger partial charge in [-0.05, 0) is 69.2 Å². The van der Waals surface area contributed by atoms with Crippen LogP contribution < -0.4 is 16.4 Å². The average Bonchev–Trinajstić information content (AvgIpc) is 3.49. The van der Waals surface area contributed by atoms with E-state index in [-0.39, 0.29) is 30.5 Å². The van der Waals surface area contributed by atoms with Gasteiger partial charge in [0.2, 0.25) is 5.91 Å². The third-order valence-corrected chi connectivity index (χ3v) is 14.6. The van der Waals surface area contributed by atoms with Crippen molar-refractivity contribution < 1.29 is 94.0 Å². The van der Waals surface area contributed by atoms with Crippen LogP contribution in [0, 0.1) is 23.7 Å². The summed E-state index contributed by atoms with van der Waals surface area (Å²) >= 11 is 0. The summed E-state index contributed by atoms with van der Waals surface area (Å²) in [6, 6.07) is 6.13. The Morgan fingerprint density at radius 2 is 1.18 bits per heavy atom. The lowest BCUT2D eigenvalue weighted by atomic mass is 9.87. The molecule has 22 nitrogen and oxygen atoms in total. The minimum atomic E-state index is -1.93. The zero-order chi connectivity index (χ0) is 62.5. The van der Waals surface area contributed by atoms with Crippen LogP contribution in [0.4, 0.5) is 5.69 Å². The Balaban J connectivity index is 1.88. The van der Waals surface area contributed by atoms with Gasteiger partial charge in [0.15, 0.2) is 12.1 Å². The summed E-state index contributed by atoms with van der Waals surface area (Å²) in [4.78, 5) is 77.2. The maximum atomic E-state index is 13.4. The van der Waals surface area contributed by atoms with Crippen LogP contribution in [0.15, 0.2) is 109 Å². The number of ether oxygens (including phenoxy) is 3. The highest BCUT2D eigenvalue weighted by atomic mass is 16.7. The van der Waals surface area contributed by atoms with Crippen molar-refractivity contribution in [1.29, 1.82) is 0 Å². The zero-order valence-corrected chi connectivity index (χ0v) is 48.7. The molecule has 1 aromatic rings. The maximum Gasteiger partial charge on any atom is 0.322 e. The molecular formula is C62H91N3O19. The number of Topliss-reactive ketones (excluding diaryl/α,β-unsaturated/α-hetero) is 3. The van der Waals surface area contributed by atoms with Crippen molar-refractivity contribution in [1.82, 2.24) is 5.32 Å². The highest BCUT2D eigenvalue weighted by molar-refractivity contribution is 5.96. The first-order valence-electron chi connectivity index (χ1n) is 28.7. The van der Waals surface area contributed by atoms with Crippen LogP contribution in [0.3, 0.4) is 0 Å². The molecule has 18 atom stereocenters. The maximum absolute atomic E-state index is 13.4. The Morgan fingerprint density at radius 1 is 0.667 bits per heavy atom. The number of nitrogens with one attached hydrogen (secondary N) is 2. The predicted molar refractivity (Wildman–Crippen MR) is 312 cm³/mol. The number of anilines is 1. The van der Waals surface area contributed by atoms with Gasteiger partial charge in [0.25, 0.3) is 0 Å². The Morgan fingerprint density at radius 3 is 1.73 bits per heavy atom. The Labute approximate surface area is 492 Å². The molecule has 84 heavy (non-hydrogen) atoms. The number of nitrogens with two attached hydrogens (primary N) is 1. The van der Waals surface area contributed by atoms with E-state index in [0.717, 1.165) is 5.69 Å². The van der Waals surface area contributed by atoms with Crippen LogP contribution >= 0.6 is 0 Å². The number of aliphatic hydroxyl groups is 9. The molecule has 0 aromatic heterocycles. The number of esters is 1. The number of aliphatic hydroxyl groups excluding tert-OH is 9. The van der Waals surface area contributed by atoms with Crippen LogP contribution in [-0.4, -0.2) is 185 Å². The van der Waals surface area contributed by atoms with Gasteiger partial charge in [-0.3, -0.25) is 28.8 Å². The molecule has 0 radical (unpaired) electrons. The lowest BCUT2D eigenvalue weighted by Crippen LogP contribution is -2.57. The fourth-order valence-electron chi connectivity index (χ4n) is 9.88. The Kier molecular flexibility index (Phi) is 33.0. The number of carbonyl (C=O) groups is 6. The van der Waals surface area contributed by atoms with Crippen LogP contribution in [-0.2, 0) is 38.2 Å². The third-order valence-electron chi connectivity index (χ3n) is 14.6. The molecule has 0 spiro atoms. The minimum absolute atomic E-state index is 0.112. The van der Waals surface area contributed by atoms with Crippen molar-refractivity contribution in [3.05, 3.63) is 115 Å². The number of hydrogen-bond acceptors (Lipinski definition) is 20. The number of carbonyl (C=O) groups excluding carboxylic acids is 5. The van der Waals surface area contributed by atoms with Gasteiger partial charge in [0.05, 0.1) is 79.5 Å². The number of rotatable bonds is 13. The van der Waals surface area contributed by atoms with Gasteiger partial charge in [-0.1, -0.05) is 106 Å². The summed E-state index contributed by atoms with van der Waals surface area (Å²) in [5, 5.41) is 112. The van der Waals surface area contributed by atoms with E-state index in [9.17, 15) is 79.8 Å². The molecule has 14 N–H and O–H groups in total. The number of ketones is 3. The lowest BCUT2D eigenvalue weighted by Gasteiger charge is -2.42. The molecule has 22 heteroatoms. The summed E-state index contributed by atoms with van der Waals surface area (Å²) in [7, 11) is 1.76. The number of carboxylic acids is 1. The van der Waals surface area contributed by atoms with Crippen LogP contribution in [0.2, 0.25) is 0 Å². The Hall–Kier alpha value is -5.86. The van der Waals surface area contributed by atoms with Gasteiger partial charge in [-0.25, -0.2) is 0 Å². The number of allylic oxidation sites excluding steroid dienone is 12. The first-order valence-corrected chi connectivity index (χ1v) is 28.7. The molecule has 3 rings (SSSR count). The molecule has 14 unspecified atom stereocenters. The van der Waals surface area contributed by atoms with Crippen LogP contribution in [0.25, 0.3) is 0 Å². The first kappa shape index (κ1) is 72.4. The molecule has 2 aliphatic heterocycles. The van der Waals surface area contributed by atoms with Crippen molar-refractivity contribution in [2.45, 2.75) is 190 Å². The highest BCUT2D eigenvalue weighted by Gasteiger charge is 2.42. The number of cyclic esters (lactones) is 1.